The van der Waals surface area contributed by atoms with Crippen LogP contribution in [0.1, 0.15) is 46.5 Å². The van der Waals surface area contributed by atoms with Crippen molar-refractivity contribution in [1.82, 2.24) is 5.32 Å². The topological polar surface area (TPSA) is 75.6 Å². The molecule has 0 aromatic heterocycles. The number of nitrogens with one attached hydrogen (secondary N) is 1. The molecule has 5 heteroatoms. The smallest absolute Gasteiger partial charge is 0.307 e. The maximum atomic E-state index is 12.1. The molecule has 1 saturated carbocycles. The molecule has 0 spiro atoms. The number of ether oxygens (including phenoxy) is 1. The highest BCUT2D eigenvalue weighted by molar-refractivity contribution is 5.85. The molecule has 0 heterocycles. The Morgan fingerprint density at radius 2 is 1.90 bits per heavy atom. The number of carbonyl (C=O) groups excluding carboxylic acids is 1. The fourth-order valence-electron chi connectivity index (χ4n) is 2.84. The van der Waals surface area contributed by atoms with Gasteiger partial charge >= 0.3 is 5.97 Å². The third-order valence-electron chi connectivity index (χ3n) is 4.28. The molecular formula is C16H29NO4. The van der Waals surface area contributed by atoms with Crippen LogP contribution in [0.5, 0.6) is 0 Å². The molecule has 1 amide bonds. The van der Waals surface area contributed by atoms with Crippen LogP contribution in [0.4, 0.5) is 0 Å². The van der Waals surface area contributed by atoms with Crippen LogP contribution < -0.4 is 5.32 Å². The number of hydrogen-bond acceptors (Lipinski definition) is 3. The first kappa shape index (κ1) is 18.0. The molecule has 3 atom stereocenters. The Bertz CT molecular complexity index is 343. The summed E-state index contributed by atoms with van der Waals surface area (Å²) in [6.45, 7) is 7.97. The Labute approximate surface area is 127 Å². The molecule has 2 N–H and O–H groups in total. The van der Waals surface area contributed by atoms with E-state index in [1.54, 1.807) is 0 Å². The van der Waals surface area contributed by atoms with Gasteiger partial charge in [0.25, 0.3) is 0 Å². The average Bonchev–Trinajstić information content (AvgIpc) is 2.86. The normalized spacial score (nSPS) is 25.2. The minimum Gasteiger partial charge on any atom is -0.481 e. The van der Waals surface area contributed by atoms with Crippen LogP contribution in [0.2, 0.25) is 0 Å². The lowest BCUT2D eigenvalue weighted by atomic mass is 9.95. The number of carbonyl (C=O) groups is 2. The van der Waals surface area contributed by atoms with Crippen molar-refractivity contribution in [3.63, 3.8) is 0 Å². The van der Waals surface area contributed by atoms with Gasteiger partial charge in [-0.05, 0) is 31.1 Å². The van der Waals surface area contributed by atoms with Crippen molar-refractivity contribution in [3.05, 3.63) is 0 Å². The second kappa shape index (κ2) is 9.03. The van der Waals surface area contributed by atoms with Gasteiger partial charge in [0.05, 0.1) is 18.4 Å². The Morgan fingerprint density at radius 3 is 2.48 bits per heavy atom. The molecular weight excluding hydrogens is 270 g/mol. The number of carboxylic acids is 1. The first-order valence-corrected chi connectivity index (χ1v) is 8.03. The summed E-state index contributed by atoms with van der Waals surface area (Å²) < 4.78 is 5.44. The van der Waals surface area contributed by atoms with Gasteiger partial charge in [-0.3, -0.25) is 9.59 Å². The molecule has 0 bridgehead atoms. The summed E-state index contributed by atoms with van der Waals surface area (Å²) in [5.74, 6) is -0.936. The van der Waals surface area contributed by atoms with Crippen molar-refractivity contribution in [2.75, 3.05) is 19.8 Å². The van der Waals surface area contributed by atoms with Gasteiger partial charge in [0.15, 0.2) is 0 Å². The quantitative estimate of drug-likeness (QED) is 0.641. The van der Waals surface area contributed by atoms with E-state index in [1.165, 1.54) is 0 Å². The Hall–Kier alpha value is -1.10. The number of rotatable bonds is 9. The number of carboxylic acid groups (broad SMARTS) is 1. The van der Waals surface area contributed by atoms with Crippen molar-refractivity contribution in [3.8, 4) is 0 Å². The van der Waals surface area contributed by atoms with E-state index in [1.807, 2.05) is 6.92 Å². The second-order valence-corrected chi connectivity index (χ2v) is 6.38. The Balaban J connectivity index is 2.28. The van der Waals surface area contributed by atoms with Crippen LogP contribution in [0.15, 0.2) is 0 Å². The van der Waals surface area contributed by atoms with Gasteiger partial charge in [-0.1, -0.05) is 27.2 Å². The monoisotopic (exact) mass is 299 g/mol. The van der Waals surface area contributed by atoms with E-state index < -0.39 is 11.9 Å². The van der Waals surface area contributed by atoms with Crippen molar-refractivity contribution in [1.29, 1.82) is 0 Å². The van der Waals surface area contributed by atoms with E-state index in [9.17, 15) is 14.7 Å². The zero-order chi connectivity index (χ0) is 15.8. The van der Waals surface area contributed by atoms with Crippen LogP contribution >= 0.6 is 0 Å². The summed E-state index contributed by atoms with van der Waals surface area (Å²) in [5.41, 5.74) is 0. The fraction of sp³-hybridized carbons (Fsp3) is 0.875. The summed E-state index contributed by atoms with van der Waals surface area (Å²) in [4.78, 5) is 23.4. The van der Waals surface area contributed by atoms with Crippen LogP contribution in [0.25, 0.3) is 0 Å². The van der Waals surface area contributed by atoms with Gasteiger partial charge in [0, 0.05) is 13.2 Å². The van der Waals surface area contributed by atoms with Gasteiger partial charge in [0.2, 0.25) is 5.91 Å². The van der Waals surface area contributed by atoms with Crippen LogP contribution in [-0.4, -0.2) is 36.7 Å². The summed E-state index contributed by atoms with van der Waals surface area (Å²) in [6.07, 6.45) is 3.25. The summed E-state index contributed by atoms with van der Waals surface area (Å²) >= 11 is 0. The predicted octanol–water partition coefficient (Wildman–Crippen LogP) is 2.30. The lowest BCUT2D eigenvalue weighted by Gasteiger charge is -2.15. The zero-order valence-corrected chi connectivity index (χ0v) is 13.4. The van der Waals surface area contributed by atoms with Gasteiger partial charge < -0.3 is 15.2 Å². The summed E-state index contributed by atoms with van der Waals surface area (Å²) in [5, 5.41) is 12.0. The van der Waals surface area contributed by atoms with Crippen LogP contribution in [0, 0.1) is 23.7 Å². The maximum Gasteiger partial charge on any atom is 0.307 e. The Kier molecular flexibility index (Phi) is 7.72. The van der Waals surface area contributed by atoms with E-state index in [-0.39, 0.29) is 11.8 Å². The van der Waals surface area contributed by atoms with Crippen molar-refractivity contribution in [2.24, 2.45) is 23.7 Å². The van der Waals surface area contributed by atoms with Crippen molar-refractivity contribution in [2.45, 2.75) is 46.5 Å². The van der Waals surface area contributed by atoms with Crippen molar-refractivity contribution < 1.29 is 19.4 Å². The van der Waals surface area contributed by atoms with E-state index in [2.05, 4.69) is 19.2 Å². The van der Waals surface area contributed by atoms with E-state index in [4.69, 9.17) is 4.74 Å². The van der Waals surface area contributed by atoms with E-state index in [0.717, 1.165) is 12.8 Å². The lowest BCUT2D eigenvalue weighted by molar-refractivity contribution is -0.146. The molecule has 0 aromatic carbocycles. The van der Waals surface area contributed by atoms with Gasteiger partial charge in [0.1, 0.15) is 0 Å². The molecule has 1 fully saturated rings. The molecule has 1 aliphatic carbocycles. The van der Waals surface area contributed by atoms with Gasteiger partial charge in [-0.15, -0.1) is 0 Å². The lowest BCUT2D eigenvalue weighted by Crippen LogP contribution is -2.37. The van der Waals surface area contributed by atoms with Crippen LogP contribution in [-0.2, 0) is 14.3 Å². The number of amides is 1. The Morgan fingerprint density at radius 1 is 1.24 bits per heavy atom. The average molecular weight is 299 g/mol. The molecule has 122 valence electrons. The molecule has 0 aliphatic heterocycles. The highest BCUT2D eigenvalue weighted by Crippen LogP contribution is 2.38. The molecule has 3 unspecified atom stereocenters. The summed E-state index contributed by atoms with van der Waals surface area (Å²) in [6, 6.07) is 0. The molecule has 21 heavy (non-hydrogen) atoms. The fourth-order valence-corrected chi connectivity index (χ4v) is 2.84. The number of aliphatic carboxylic acids is 1. The van der Waals surface area contributed by atoms with Crippen molar-refractivity contribution >= 4 is 11.9 Å². The summed E-state index contributed by atoms with van der Waals surface area (Å²) in [7, 11) is 0. The minimum absolute atomic E-state index is 0.134. The SMILES string of the molecule is CCC1CC(C(=O)O)C(C(=O)NCCOCCC(C)C)C1. The highest BCUT2D eigenvalue weighted by Gasteiger charge is 2.41. The molecule has 0 aromatic rings. The van der Waals surface area contributed by atoms with E-state index >= 15 is 0 Å². The molecule has 0 saturated heterocycles. The van der Waals surface area contributed by atoms with Crippen LogP contribution in [0.3, 0.4) is 0 Å². The zero-order valence-electron chi connectivity index (χ0n) is 13.4. The second-order valence-electron chi connectivity index (χ2n) is 6.38. The van der Waals surface area contributed by atoms with Gasteiger partial charge in [-0.25, -0.2) is 0 Å². The molecule has 1 rings (SSSR count). The molecule has 0 radical (unpaired) electrons. The van der Waals surface area contributed by atoms with Gasteiger partial charge in [-0.2, -0.15) is 0 Å². The first-order valence-electron chi connectivity index (χ1n) is 8.03. The van der Waals surface area contributed by atoms with E-state index in [0.29, 0.717) is 44.4 Å². The maximum absolute atomic E-state index is 12.1. The molecule has 5 nitrogen and oxygen atoms in total. The third kappa shape index (κ3) is 6.04. The predicted molar refractivity (Wildman–Crippen MR) is 80.9 cm³/mol. The number of hydrogen-bond donors (Lipinski definition) is 2. The highest BCUT2D eigenvalue weighted by atomic mass is 16.5. The third-order valence-corrected chi connectivity index (χ3v) is 4.28. The largest absolute Gasteiger partial charge is 0.481 e. The minimum atomic E-state index is -0.848. The first-order chi connectivity index (χ1) is 9.95. The standard InChI is InChI=1S/C16H29NO4/c1-4-12-9-13(14(10-12)16(19)20)15(18)17-6-8-21-7-5-11(2)3/h11-14H,4-10H2,1-3H3,(H,17,18)(H,19,20). The molecule has 1 aliphatic rings.